The smallest absolute Gasteiger partial charge is 0.320 e. The Morgan fingerprint density at radius 2 is 1.91 bits per heavy atom. The number of hydrogen-bond acceptors (Lipinski definition) is 5. The molecule has 0 atom stereocenters. The van der Waals surface area contributed by atoms with Gasteiger partial charge in [-0.15, -0.1) is 0 Å². The lowest BCUT2D eigenvalue weighted by Crippen LogP contribution is -2.69. The highest BCUT2D eigenvalue weighted by Gasteiger charge is 2.55. The fourth-order valence-electron chi connectivity index (χ4n) is 5.65. The highest BCUT2D eigenvalue weighted by atomic mass is 16.5. The van der Waals surface area contributed by atoms with Crippen LogP contribution in [0, 0.1) is 10.8 Å². The van der Waals surface area contributed by atoms with Crippen molar-refractivity contribution in [3.8, 4) is 5.75 Å². The Hall–Kier alpha value is -3.10. The molecular formula is C26H33N5O4. The molecule has 2 aromatic rings. The number of benzene rings is 1. The average Bonchev–Trinajstić information content (AvgIpc) is 3.46. The van der Waals surface area contributed by atoms with Crippen molar-refractivity contribution in [1.82, 2.24) is 24.6 Å². The molecule has 0 unspecified atom stereocenters. The van der Waals surface area contributed by atoms with Gasteiger partial charge in [0.25, 0.3) is 0 Å². The standard InChI is InChI=1S/C26H33N5O4/c1-25(2,23(32)33)9-17-4-3-5-20(8-17)35-21-12-29(13-21)24(34)30-14-26(15-30)10-19(11-26)31-16-27-22(28-31)18-6-7-18/h3-5,8,16,18-19,21H,6-7,9-15H2,1-2H3,(H,32,33). The summed E-state index contributed by atoms with van der Waals surface area (Å²) in [5.74, 6) is 1.49. The summed E-state index contributed by atoms with van der Waals surface area (Å²) in [6, 6.07) is 8.13. The summed E-state index contributed by atoms with van der Waals surface area (Å²) in [7, 11) is 0. The number of carbonyl (C=O) groups excluding carboxylic acids is 1. The zero-order valence-corrected chi connectivity index (χ0v) is 20.4. The predicted molar refractivity (Wildman–Crippen MR) is 127 cm³/mol. The second-order valence-electron chi connectivity index (χ2n) is 11.7. The van der Waals surface area contributed by atoms with Gasteiger partial charge in [0, 0.05) is 24.4 Å². The summed E-state index contributed by atoms with van der Waals surface area (Å²) in [5, 5.41) is 14.0. The van der Waals surface area contributed by atoms with Crippen LogP contribution in [0.5, 0.6) is 5.75 Å². The number of hydrogen-bond donors (Lipinski definition) is 1. The predicted octanol–water partition coefficient (Wildman–Crippen LogP) is 3.33. The number of carboxylic acid groups (broad SMARTS) is 1. The molecule has 1 aromatic heterocycles. The van der Waals surface area contributed by atoms with Crippen LogP contribution in [-0.4, -0.2) is 74.0 Å². The van der Waals surface area contributed by atoms with Gasteiger partial charge in [-0.2, -0.15) is 5.10 Å². The zero-order valence-electron chi connectivity index (χ0n) is 20.4. The molecule has 2 saturated heterocycles. The Morgan fingerprint density at radius 1 is 1.17 bits per heavy atom. The second kappa shape index (κ2) is 7.96. The van der Waals surface area contributed by atoms with E-state index < -0.39 is 11.4 Å². The van der Waals surface area contributed by atoms with E-state index in [1.165, 1.54) is 12.8 Å². The van der Waals surface area contributed by atoms with Gasteiger partial charge in [-0.05, 0) is 63.6 Å². The van der Waals surface area contributed by atoms with E-state index in [4.69, 9.17) is 4.74 Å². The first-order chi connectivity index (χ1) is 16.7. The average molecular weight is 480 g/mol. The second-order valence-corrected chi connectivity index (χ2v) is 11.7. The van der Waals surface area contributed by atoms with E-state index in [0.717, 1.165) is 43.1 Å². The summed E-state index contributed by atoms with van der Waals surface area (Å²) in [6.45, 7) is 6.27. The molecule has 2 aliphatic carbocycles. The van der Waals surface area contributed by atoms with Gasteiger partial charge in [0.15, 0.2) is 5.82 Å². The van der Waals surface area contributed by atoms with E-state index in [-0.39, 0.29) is 17.6 Å². The molecule has 35 heavy (non-hydrogen) atoms. The number of aliphatic carboxylic acids is 1. The molecular weight excluding hydrogens is 446 g/mol. The topological polar surface area (TPSA) is 101 Å². The number of rotatable bonds is 7. The van der Waals surface area contributed by atoms with Crippen LogP contribution in [0.4, 0.5) is 4.79 Å². The first-order valence-electron chi connectivity index (χ1n) is 12.6. The largest absolute Gasteiger partial charge is 0.487 e. The van der Waals surface area contributed by atoms with Crippen LogP contribution >= 0.6 is 0 Å². The number of carboxylic acids is 1. The first-order valence-corrected chi connectivity index (χ1v) is 12.6. The maximum absolute atomic E-state index is 12.9. The number of nitrogens with zero attached hydrogens (tertiary/aromatic N) is 5. The van der Waals surface area contributed by atoms with E-state index >= 15 is 0 Å². The zero-order chi connectivity index (χ0) is 24.4. The molecule has 9 nitrogen and oxygen atoms in total. The normalized spacial score (nSPS) is 21.9. The van der Waals surface area contributed by atoms with Crippen LogP contribution in [0.25, 0.3) is 0 Å². The molecule has 0 bridgehead atoms. The van der Waals surface area contributed by atoms with Crippen LogP contribution in [0.3, 0.4) is 0 Å². The van der Waals surface area contributed by atoms with Gasteiger partial charge in [-0.25, -0.2) is 14.5 Å². The Kier molecular flexibility index (Phi) is 5.09. The Bertz CT molecular complexity index is 1140. The molecule has 3 heterocycles. The lowest BCUT2D eigenvalue weighted by molar-refractivity contribution is -0.146. The minimum absolute atomic E-state index is 0.0296. The molecule has 4 aliphatic rings. The summed E-state index contributed by atoms with van der Waals surface area (Å²) in [6.07, 6.45) is 6.88. The van der Waals surface area contributed by atoms with Crippen LogP contribution < -0.4 is 4.74 Å². The van der Waals surface area contributed by atoms with Crippen molar-refractivity contribution < 1.29 is 19.4 Å². The third-order valence-corrected chi connectivity index (χ3v) is 8.05. The van der Waals surface area contributed by atoms with Crippen LogP contribution in [0.15, 0.2) is 30.6 Å². The van der Waals surface area contributed by atoms with E-state index in [1.54, 1.807) is 13.8 Å². The van der Waals surface area contributed by atoms with Crippen molar-refractivity contribution >= 4 is 12.0 Å². The van der Waals surface area contributed by atoms with Gasteiger partial charge < -0.3 is 19.6 Å². The van der Waals surface area contributed by atoms with Crippen molar-refractivity contribution in [1.29, 1.82) is 0 Å². The number of ether oxygens (including phenoxy) is 1. The highest BCUT2D eigenvalue weighted by Crippen LogP contribution is 2.54. The lowest BCUT2D eigenvalue weighted by atomic mass is 9.61. The molecule has 6 rings (SSSR count). The molecule has 2 saturated carbocycles. The summed E-state index contributed by atoms with van der Waals surface area (Å²) in [4.78, 5) is 32.6. The Balaban J connectivity index is 0.941. The number of carbonyl (C=O) groups is 2. The van der Waals surface area contributed by atoms with Gasteiger partial charge in [0.05, 0.1) is 24.5 Å². The van der Waals surface area contributed by atoms with Crippen molar-refractivity contribution in [3.63, 3.8) is 0 Å². The van der Waals surface area contributed by atoms with Crippen LogP contribution in [-0.2, 0) is 11.2 Å². The molecule has 4 fully saturated rings. The SMILES string of the molecule is CC(C)(Cc1cccc(OC2CN(C(=O)N3CC4(CC(n5cnc(C6CC6)n5)C4)C3)C2)c1)C(=O)O. The van der Waals surface area contributed by atoms with Gasteiger partial charge >= 0.3 is 12.0 Å². The minimum Gasteiger partial charge on any atom is -0.487 e. The van der Waals surface area contributed by atoms with Crippen LogP contribution in [0.2, 0.25) is 0 Å². The number of likely N-dealkylation sites (tertiary alicyclic amines) is 2. The third-order valence-electron chi connectivity index (χ3n) is 8.05. The molecule has 1 spiro atoms. The monoisotopic (exact) mass is 479 g/mol. The highest BCUT2D eigenvalue weighted by molar-refractivity contribution is 5.76. The number of amides is 2. The van der Waals surface area contributed by atoms with Crippen LogP contribution in [0.1, 0.15) is 62.9 Å². The number of urea groups is 1. The summed E-state index contributed by atoms with van der Waals surface area (Å²) >= 11 is 0. The van der Waals surface area contributed by atoms with Crippen molar-refractivity contribution in [2.45, 2.75) is 64.0 Å². The van der Waals surface area contributed by atoms with Gasteiger partial charge in [0.2, 0.25) is 0 Å². The molecule has 1 aromatic carbocycles. The lowest BCUT2D eigenvalue weighted by Gasteiger charge is -2.59. The fraction of sp³-hybridized carbons (Fsp3) is 0.615. The van der Waals surface area contributed by atoms with Gasteiger partial charge in [-0.3, -0.25) is 4.79 Å². The molecule has 0 radical (unpaired) electrons. The van der Waals surface area contributed by atoms with Crippen molar-refractivity contribution in [2.24, 2.45) is 10.8 Å². The van der Waals surface area contributed by atoms with E-state index in [9.17, 15) is 14.7 Å². The number of aromatic nitrogens is 3. The molecule has 2 amide bonds. The maximum atomic E-state index is 12.9. The molecule has 9 heteroatoms. The summed E-state index contributed by atoms with van der Waals surface area (Å²) < 4.78 is 8.10. The molecule has 1 N–H and O–H groups in total. The van der Waals surface area contributed by atoms with E-state index in [1.807, 2.05) is 45.1 Å². The maximum Gasteiger partial charge on any atom is 0.320 e. The molecule has 2 aliphatic heterocycles. The third kappa shape index (κ3) is 4.25. The van der Waals surface area contributed by atoms with Gasteiger partial charge in [0.1, 0.15) is 18.2 Å². The fourth-order valence-corrected chi connectivity index (χ4v) is 5.65. The Morgan fingerprint density at radius 3 is 2.60 bits per heavy atom. The first kappa shape index (κ1) is 22.4. The quantitative estimate of drug-likeness (QED) is 0.654. The minimum atomic E-state index is -0.831. The van der Waals surface area contributed by atoms with E-state index in [0.29, 0.717) is 31.5 Å². The van der Waals surface area contributed by atoms with Crippen molar-refractivity contribution in [3.05, 3.63) is 42.0 Å². The molecule has 186 valence electrons. The van der Waals surface area contributed by atoms with E-state index in [2.05, 4.69) is 10.1 Å². The summed E-state index contributed by atoms with van der Waals surface area (Å²) in [5.41, 5.74) is 0.362. The van der Waals surface area contributed by atoms with Gasteiger partial charge in [-0.1, -0.05) is 12.1 Å². The van der Waals surface area contributed by atoms with Crippen molar-refractivity contribution in [2.75, 3.05) is 26.2 Å². The Labute approximate surface area is 205 Å².